The molecule has 0 fully saturated rings. The number of rotatable bonds is 3. The minimum absolute atomic E-state index is 0.0986. The first kappa shape index (κ1) is 20.0. The molecule has 4 aromatic rings. The van der Waals surface area contributed by atoms with Crippen LogP contribution in [0.15, 0.2) is 59.9 Å². The van der Waals surface area contributed by atoms with Gasteiger partial charge < -0.3 is 10.3 Å². The Morgan fingerprint density at radius 3 is 2.48 bits per heavy atom. The second-order valence-corrected chi connectivity index (χ2v) is 7.25. The van der Waals surface area contributed by atoms with Crippen molar-refractivity contribution >= 4 is 5.82 Å². The van der Waals surface area contributed by atoms with E-state index in [9.17, 15) is 4.79 Å². The molecule has 0 aliphatic carbocycles. The summed E-state index contributed by atoms with van der Waals surface area (Å²) in [7, 11) is 1.85. The van der Waals surface area contributed by atoms with Crippen LogP contribution in [0, 0.1) is 11.8 Å². The van der Waals surface area contributed by atoms with Gasteiger partial charge in [0.05, 0.1) is 29.8 Å². The topological polar surface area (TPSA) is 105 Å². The Bertz CT molecular complexity index is 1360. The van der Waals surface area contributed by atoms with Gasteiger partial charge in [-0.25, -0.2) is 19.6 Å². The Morgan fingerprint density at radius 2 is 1.81 bits per heavy atom. The van der Waals surface area contributed by atoms with Crippen molar-refractivity contribution in [2.75, 3.05) is 5.73 Å². The van der Waals surface area contributed by atoms with Gasteiger partial charge in [0.1, 0.15) is 11.4 Å². The number of imidazole rings is 1. The smallest absolute Gasteiger partial charge is 0.276 e. The number of anilines is 1. The van der Waals surface area contributed by atoms with Crippen LogP contribution in [-0.4, -0.2) is 29.3 Å². The normalized spacial score (nSPS) is 10.7. The minimum Gasteiger partial charge on any atom is -0.381 e. The summed E-state index contributed by atoms with van der Waals surface area (Å²) in [5, 5.41) is 4.18. The lowest BCUT2D eigenvalue weighted by Gasteiger charge is -2.13. The van der Waals surface area contributed by atoms with Crippen molar-refractivity contribution in [2.45, 2.75) is 19.9 Å². The Morgan fingerprint density at radius 1 is 1.03 bits per heavy atom. The molecule has 0 aliphatic rings. The van der Waals surface area contributed by atoms with E-state index in [1.54, 1.807) is 29.4 Å². The van der Waals surface area contributed by atoms with E-state index in [0.29, 0.717) is 28.3 Å². The molecule has 0 amide bonds. The number of hydrogen-bond acceptors (Lipinski definition) is 6. The number of hydrogen-bond donors (Lipinski definition) is 1. The van der Waals surface area contributed by atoms with E-state index in [1.807, 2.05) is 51.2 Å². The quantitative estimate of drug-likeness (QED) is 0.520. The number of nitrogens with zero attached hydrogens (tertiary/aromatic N) is 6. The fourth-order valence-corrected chi connectivity index (χ4v) is 3.10. The molecule has 2 N–H and O–H groups in total. The lowest BCUT2D eigenvalue weighted by atomic mass is 10.0. The van der Waals surface area contributed by atoms with Crippen LogP contribution < -0.4 is 11.3 Å². The molecule has 4 rings (SSSR count). The molecule has 3 heterocycles. The van der Waals surface area contributed by atoms with Crippen molar-refractivity contribution < 1.29 is 0 Å². The van der Waals surface area contributed by atoms with Crippen LogP contribution in [0.3, 0.4) is 0 Å². The summed E-state index contributed by atoms with van der Waals surface area (Å²) in [6, 6.07) is 11.0. The predicted octanol–water partition coefficient (Wildman–Crippen LogP) is 2.66. The van der Waals surface area contributed by atoms with E-state index in [1.165, 1.54) is 4.68 Å². The minimum atomic E-state index is -0.251. The first-order valence-electron chi connectivity index (χ1n) is 9.75. The van der Waals surface area contributed by atoms with Crippen LogP contribution >= 0.6 is 0 Å². The number of nitrogens with two attached hydrogens (primary N) is 1. The van der Waals surface area contributed by atoms with Crippen LogP contribution in [0.4, 0.5) is 5.82 Å². The number of nitrogen functional groups attached to an aromatic ring is 1. The average molecular weight is 411 g/mol. The Balaban J connectivity index is 1.96. The molecular formula is C23H21N7O. The van der Waals surface area contributed by atoms with Gasteiger partial charge in [0.25, 0.3) is 5.56 Å². The Labute approximate surface area is 179 Å². The van der Waals surface area contributed by atoms with E-state index in [0.717, 1.165) is 5.56 Å². The highest BCUT2D eigenvalue weighted by Gasteiger charge is 2.19. The van der Waals surface area contributed by atoms with E-state index in [4.69, 9.17) is 5.73 Å². The van der Waals surface area contributed by atoms with E-state index in [2.05, 4.69) is 31.9 Å². The van der Waals surface area contributed by atoms with Gasteiger partial charge in [0.2, 0.25) is 0 Å². The van der Waals surface area contributed by atoms with Gasteiger partial charge in [-0.05, 0) is 31.8 Å². The molecule has 0 atom stereocenters. The molecule has 3 aromatic heterocycles. The molecule has 154 valence electrons. The summed E-state index contributed by atoms with van der Waals surface area (Å²) >= 11 is 0. The van der Waals surface area contributed by atoms with Gasteiger partial charge >= 0.3 is 0 Å². The fraction of sp³-hybridized carbons (Fsp3) is 0.174. The summed E-state index contributed by atoms with van der Waals surface area (Å²) < 4.78 is 3.21. The molecule has 0 spiro atoms. The Hall–Kier alpha value is -4.25. The van der Waals surface area contributed by atoms with Gasteiger partial charge in [-0.1, -0.05) is 30.3 Å². The highest BCUT2D eigenvalue weighted by Crippen LogP contribution is 2.29. The molecule has 0 radical (unpaired) electrons. The molecular weight excluding hydrogens is 390 g/mol. The zero-order valence-electron chi connectivity index (χ0n) is 17.4. The molecule has 0 bridgehead atoms. The largest absolute Gasteiger partial charge is 0.381 e. The molecule has 0 saturated heterocycles. The number of aryl methyl sites for hydroxylation is 1. The molecule has 1 aromatic carbocycles. The lowest BCUT2D eigenvalue weighted by molar-refractivity contribution is 0.503. The highest BCUT2D eigenvalue weighted by molar-refractivity contribution is 5.79. The maximum atomic E-state index is 13.1. The first-order valence-corrected chi connectivity index (χ1v) is 9.75. The van der Waals surface area contributed by atoms with Crippen molar-refractivity contribution in [3.05, 3.63) is 76.9 Å². The van der Waals surface area contributed by atoms with Crippen LogP contribution in [0.25, 0.3) is 22.5 Å². The SMILES string of the molecule is CC(C)n1nccc(-c2nc(C#Cc3cncn3C)c(N)nc2-c2ccccc2)c1=O. The van der Waals surface area contributed by atoms with Crippen molar-refractivity contribution in [3.8, 4) is 34.4 Å². The van der Waals surface area contributed by atoms with Crippen molar-refractivity contribution in [3.63, 3.8) is 0 Å². The van der Waals surface area contributed by atoms with Gasteiger partial charge in [0, 0.05) is 18.8 Å². The number of aromatic nitrogens is 6. The molecule has 0 aliphatic heterocycles. The monoisotopic (exact) mass is 411 g/mol. The standard InChI is InChI=1S/C23H21N7O/c1-15(2)30-23(31)18(11-12-26-30)21-20(16-7-5-4-6-8-16)28-22(24)19(27-21)10-9-17-13-25-14-29(17)3/h4-8,11-15H,1-3H3,(H2,24,28). The number of benzene rings is 1. The van der Waals surface area contributed by atoms with Crippen LogP contribution in [0.5, 0.6) is 0 Å². The second-order valence-electron chi connectivity index (χ2n) is 7.25. The van der Waals surface area contributed by atoms with E-state index in [-0.39, 0.29) is 17.4 Å². The van der Waals surface area contributed by atoms with Gasteiger partial charge in [-0.2, -0.15) is 5.10 Å². The average Bonchev–Trinajstić information content (AvgIpc) is 3.18. The third-order valence-corrected chi connectivity index (χ3v) is 4.71. The van der Waals surface area contributed by atoms with Crippen molar-refractivity contribution in [1.82, 2.24) is 29.3 Å². The molecule has 8 heteroatoms. The summed E-state index contributed by atoms with van der Waals surface area (Å²) in [4.78, 5) is 26.4. The maximum Gasteiger partial charge on any atom is 0.276 e. The lowest BCUT2D eigenvalue weighted by Crippen LogP contribution is -2.26. The van der Waals surface area contributed by atoms with E-state index < -0.39 is 0 Å². The third-order valence-electron chi connectivity index (χ3n) is 4.71. The van der Waals surface area contributed by atoms with E-state index >= 15 is 0 Å². The highest BCUT2D eigenvalue weighted by atomic mass is 16.1. The molecule has 31 heavy (non-hydrogen) atoms. The summed E-state index contributed by atoms with van der Waals surface area (Å²) in [5.74, 6) is 6.16. The Kier molecular flexibility index (Phi) is 5.33. The second kappa shape index (κ2) is 8.24. The fourth-order valence-electron chi connectivity index (χ4n) is 3.10. The molecule has 0 unspecified atom stereocenters. The summed E-state index contributed by atoms with van der Waals surface area (Å²) in [6.07, 6.45) is 4.90. The summed E-state index contributed by atoms with van der Waals surface area (Å²) in [6.45, 7) is 3.80. The van der Waals surface area contributed by atoms with Crippen molar-refractivity contribution in [1.29, 1.82) is 0 Å². The zero-order chi connectivity index (χ0) is 22.0. The summed E-state index contributed by atoms with van der Waals surface area (Å²) in [5.41, 5.74) is 9.08. The van der Waals surface area contributed by atoms with Gasteiger partial charge in [0.15, 0.2) is 11.5 Å². The van der Waals surface area contributed by atoms with Gasteiger partial charge in [-0.3, -0.25) is 4.79 Å². The van der Waals surface area contributed by atoms with Crippen LogP contribution in [-0.2, 0) is 7.05 Å². The molecule has 0 saturated carbocycles. The maximum absolute atomic E-state index is 13.1. The predicted molar refractivity (Wildman–Crippen MR) is 119 cm³/mol. The van der Waals surface area contributed by atoms with Crippen molar-refractivity contribution in [2.24, 2.45) is 7.05 Å². The first-order chi connectivity index (χ1) is 15.0. The zero-order valence-corrected chi connectivity index (χ0v) is 17.4. The van der Waals surface area contributed by atoms with Crippen LogP contribution in [0.2, 0.25) is 0 Å². The van der Waals surface area contributed by atoms with Gasteiger partial charge in [-0.15, -0.1) is 0 Å². The molecule has 8 nitrogen and oxygen atoms in total. The third kappa shape index (κ3) is 3.94. The van der Waals surface area contributed by atoms with Crippen LogP contribution in [0.1, 0.15) is 31.3 Å².